The molecule has 1 aromatic rings. The van der Waals surface area contributed by atoms with Crippen LogP contribution in [0.5, 0.6) is 0 Å². The van der Waals surface area contributed by atoms with Crippen molar-refractivity contribution in [3.63, 3.8) is 0 Å². The van der Waals surface area contributed by atoms with E-state index in [0.29, 0.717) is 12.0 Å². The topological polar surface area (TPSA) is 117 Å². The number of aliphatic hydroxyl groups is 1. The minimum atomic E-state index is -1.04. The lowest BCUT2D eigenvalue weighted by atomic mass is 10.0. The molecule has 2 heterocycles. The van der Waals surface area contributed by atoms with Gasteiger partial charge in [-0.1, -0.05) is 97.0 Å². The number of rotatable bonds is 18. The Labute approximate surface area is 209 Å². The van der Waals surface area contributed by atoms with Crippen molar-refractivity contribution in [1.29, 1.82) is 0 Å². The van der Waals surface area contributed by atoms with Gasteiger partial charge in [-0.3, -0.25) is 9.36 Å². The van der Waals surface area contributed by atoms with Gasteiger partial charge in [0.1, 0.15) is 24.6 Å². The molecule has 8 nitrogen and oxygen atoms in total. The average Bonchev–Trinajstić information content (AvgIpc) is 3.11. The highest BCUT2D eigenvalue weighted by Gasteiger charge is 2.39. The molecule has 8 heteroatoms. The summed E-state index contributed by atoms with van der Waals surface area (Å²) < 4.78 is 12.2. The Morgan fingerprint density at radius 1 is 1.06 bits per heavy atom. The zero-order valence-corrected chi connectivity index (χ0v) is 21.5. The first-order valence-electron chi connectivity index (χ1n) is 13.5. The van der Waals surface area contributed by atoms with E-state index in [1.54, 1.807) is 0 Å². The SMILES string of the molecule is C=C1C(O)[C@@H](COC(=O)CCCCCCCCCCCCCCCC)O[C@H]1n1ccc(N)nc1=O. The lowest BCUT2D eigenvalue weighted by Gasteiger charge is -2.15. The van der Waals surface area contributed by atoms with E-state index in [1.807, 2.05) is 0 Å². The van der Waals surface area contributed by atoms with Crippen molar-refractivity contribution in [1.82, 2.24) is 9.55 Å². The lowest BCUT2D eigenvalue weighted by molar-refractivity contribution is -0.150. The predicted molar refractivity (Wildman–Crippen MR) is 138 cm³/mol. The fourth-order valence-electron chi connectivity index (χ4n) is 4.40. The van der Waals surface area contributed by atoms with Gasteiger partial charge in [-0.15, -0.1) is 0 Å². The molecule has 0 aliphatic carbocycles. The van der Waals surface area contributed by atoms with E-state index >= 15 is 0 Å². The highest BCUT2D eigenvalue weighted by molar-refractivity contribution is 5.69. The van der Waals surface area contributed by atoms with Crippen molar-refractivity contribution >= 4 is 11.8 Å². The van der Waals surface area contributed by atoms with Gasteiger partial charge < -0.3 is 20.3 Å². The fraction of sp³-hybridized carbons (Fsp3) is 0.741. The predicted octanol–water partition coefficient (Wildman–Crippen LogP) is 5.05. The molecule has 1 aliphatic heterocycles. The highest BCUT2D eigenvalue weighted by Crippen LogP contribution is 2.32. The number of aromatic nitrogens is 2. The molecule has 1 fully saturated rings. The molecule has 0 amide bonds. The number of hydrogen-bond donors (Lipinski definition) is 2. The Kier molecular flexibility index (Phi) is 13.7. The number of nitrogens with two attached hydrogens (primary N) is 1. The van der Waals surface area contributed by atoms with Crippen LogP contribution in [0.3, 0.4) is 0 Å². The number of carbonyl (C=O) groups is 1. The number of hydrogen-bond acceptors (Lipinski definition) is 7. The summed E-state index contributed by atoms with van der Waals surface area (Å²) in [7, 11) is 0. The van der Waals surface area contributed by atoms with Crippen LogP contribution < -0.4 is 11.4 Å². The van der Waals surface area contributed by atoms with Crippen LogP contribution in [0.25, 0.3) is 0 Å². The summed E-state index contributed by atoms with van der Waals surface area (Å²) in [5.41, 5.74) is 5.23. The summed E-state index contributed by atoms with van der Waals surface area (Å²) in [5, 5.41) is 10.4. The van der Waals surface area contributed by atoms with Crippen LogP contribution in [0, 0.1) is 0 Å². The molecule has 3 N–H and O–H groups in total. The van der Waals surface area contributed by atoms with Crippen molar-refractivity contribution in [2.75, 3.05) is 12.3 Å². The Balaban J connectivity index is 1.50. The highest BCUT2D eigenvalue weighted by atomic mass is 16.6. The minimum Gasteiger partial charge on any atom is -0.463 e. The van der Waals surface area contributed by atoms with Gasteiger partial charge in [-0.25, -0.2) is 4.79 Å². The van der Waals surface area contributed by atoms with E-state index < -0.39 is 24.1 Å². The molecule has 0 aromatic carbocycles. The normalized spacial score (nSPS) is 19.8. The van der Waals surface area contributed by atoms with Gasteiger partial charge in [-0.05, 0) is 12.5 Å². The second kappa shape index (κ2) is 16.5. The first kappa shape index (κ1) is 29.0. The number of anilines is 1. The quantitative estimate of drug-likeness (QED) is 0.168. The van der Waals surface area contributed by atoms with E-state index in [4.69, 9.17) is 15.2 Å². The summed E-state index contributed by atoms with van der Waals surface area (Å²) in [6, 6.07) is 1.47. The smallest absolute Gasteiger partial charge is 0.351 e. The van der Waals surface area contributed by atoms with Crippen molar-refractivity contribution in [3.05, 3.63) is 34.9 Å². The molecular weight excluding hydrogens is 446 g/mol. The third-order valence-electron chi connectivity index (χ3n) is 6.60. The molecule has 1 aromatic heterocycles. The zero-order chi connectivity index (χ0) is 25.5. The second-order valence-electron chi connectivity index (χ2n) is 9.62. The van der Waals surface area contributed by atoms with Gasteiger partial charge in [0.15, 0.2) is 6.23 Å². The molecule has 1 unspecified atom stereocenters. The molecule has 35 heavy (non-hydrogen) atoms. The van der Waals surface area contributed by atoms with Gasteiger partial charge in [-0.2, -0.15) is 4.98 Å². The first-order chi connectivity index (χ1) is 16.9. The van der Waals surface area contributed by atoms with Gasteiger partial charge >= 0.3 is 11.7 Å². The van der Waals surface area contributed by atoms with Crippen LogP contribution in [0.15, 0.2) is 29.2 Å². The van der Waals surface area contributed by atoms with Crippen LogP contribution in [0.2, 0.25) is 0 Å². The summed E-state index contributed by atoms with van der Waals surface area (Å²) in [5.74, 6) is -0.204. The van der Waals surface area contributed by atoms with E-state index in [1.165, 1.54) is 87.5 Å². The standard InChI is InChI=1S/C27H45N3O5/c1-3-4-5-6-7-8-9-10-11-12-13-14-15-16-17-24(31)34-20-22-25(32)21(2)26(35-22)30-19-18-23(28)29-27(30)33/h18-19,22,25-26,32H,2-17,20H2,1H3,(H2,28,29,33)/t22-,25?,26-/m1/s1. The molecule has 0 spiro atoms. The Hall–Kier alpha value is -2.19. The number of aliphatic hydroxyl groups excluding tert-OH is 1. The Morgan fingerprint density at radius 3 is 2.14 bits per heavy atom. The number of ether oxygens (including phenoxy) is 2. The van der Waals surface area contributed by atoms with E-state index in [9.17, 15) is 14.7 Å². The Bertz CT molecular complexity index is 825. The molecule has 1 saturated heterocycles. The fourth-order valence-corrected chi connectivity index (χ4v) is 4.40. The van der Waals surface area contributed by atoms with Crippen LogP contribution in [0.4, 0.5) is 5.82 Å². The summed E-state index contributed by atoms with van der Waals surface area (Å²) in [6.45, 7) is 5.98. The number of nitrogen functional groups attached to an aromatic ring is 1. The third kappa shape index (κ3) is 10.5. The zero-order valence-electron chi connectivity index (χ0n) is 21.5. The number of unbranched alkanes of at least 4 members (excludes halogenated alkanes) is 13. The molecule has 1 aliphatic rings. The van der Waals surface area contributed by atoms with Crippen LogP contribution in [0.1, 0.15) is 109 Å². The number of carbonyl (C=O) groups excluding carboxylic acids is 1. The number of nitrogens with zero attached hydrogens (tertiary/aromatic N) is 2. The molecule has 0 bridgehead atoms. The molecule has 0 radical (unpaired) electrons. The minimum absolute atomic E-state index is 0.0920. The van der Waals surface area contributed by atoms with Crippen LogP contribution in [-0.4, -0.2) is 39.4 Å². The maximum atomic E-state index is 12.1. The second-order valence-corrected chi connectivity index (χ2v) is 9.62. The monoisotopic (exact) mass is 491 g/mol. The van der Waals surface area contributed by atoms with Crippen molar-refractivity contribution in [2.24, 2.45) is 0 Å². The molecule has 198 valence electrons. The molecule has 3 atom stereocenters. The van der Waals surface area contributed by atoms with E-state index in [-0.39, 0.29) is 18.4 Å². The van der Waals surface area contributed by atoms with Gasteiger partial charge in [0.2, 0.25) is 0 Å². The van der Waals surface area contributed by atoms with Crippen molar-refractivity contribution < 1.29 is 19.4 Å². The third-order valence-corrected chi connectivity index (χ3v) is 6.60. The largest absolute Gasteiger partial charge is 0.463 e. The van der Waals surface area contributed by atoms with Crippen molar-refractivity contribution in [2.45, 2.75) is 122 Å². The van der Waals surface area contributed by atoms with Crippen LogP contribution >= 0.6 is 0 Å². The Morgan fingerprint density at radius 2 is 1.60 bits per heavy atom. The van der Waals surface area contributed by atoms with E-state index in [0.717, 1.165) is 19.3 Å². The van der Waals surface area contributed by atoms with Crippen molar-refractivity contribution in [3.8, 4) is 0 Å². The first-order valence-corrected chi connectivity index (χ1v) is 13.5. The van der Waals surface area contributed by atoms with E-state index in [2.05, 4.69) is 18.5 Å². The van der Waals surface area contributed by atoms with Crippen LogP contribution in [-0.2, 0) is 14.3 Å². The summed E-state index contributed by atoms with van der Waals surface area (Å²) >= 11 is 0. The maximum Gasteiger partial charge on any atom is 0.351 e. The molecular formula is C27H45N3O5. The number of esters is 1. The lowest BCUT2D eigenvalue weighted by Crippen LogP contribution is -2.29. The van der Waals surface area contributed by atoms with Gasteiger partial charge in [0.05, 0.1) is 0 Å². The molecule has 0 saturated carbocycles. The van der Waals surface area contributed by atoms with Gasteiger partial charge in [0, 0.05) is 18.2 Å². The summed E-state index contributed by atoms with van der Waals surface area (Å²) in [4.78, 5) is 27.8. The average molecular weight is 492 g/mol. The molecule has 2 rings (SSSR count). The van der Waals surface area contributed by atoms with Gasteiger partial charge in [0.25, 0.3) is 0 Å². The summed E-state index contributed by atoms with van der Waals surface area (Å²) in [6.07, 6.45) is 16.8. The maximum absolute atomic E-state index is 12.1.